The van der Waals surface area contributed by atoms with E-state index in [9.17, 15) is 19.5 Å². The van der Waals surface area contributed by atoms with Gasteiger partial charge >= 0.3 is 12.1 Å². The Labute approximate surface area is 191 Å². The summed E-state index contributed by atoms with van der Waals surface area (Å²) < 4.78 is 5.53. The lowest BCUT2D eigenvalue weighted by Gasteiger charge is -2.31. The summed E-state index contributed by atoms with van der Waals surface area (Å²) in [4.78, 5) is 37.7. The summed E-state index contributed by atoms with van der Waals surface area (Å²) in [5.41, 5.74) is 4.60. The molecule has 0 aromatic heterocycles. The number of carbonyl (C=O) groups is 3. The van der Waals surface area contributed by atoms with Crippen LogP contribution in [0.25, 0.3) is 11.1 Å². The molecule has 2 aliphatic rings. The summed E-state index contributed by atoms with van der Waals surface area (Å²) in [5.74, 6) is -0.499. The molecule has 2 aromatic rings. The minimum atomic E-state index is -0.905. The number of nitrogens with one attached hydrogen (secondary N) is 1. The molecule has 1 fully saturated rings. The van der Waals surface area contributed by atoms with E-state index < -0.39 is 23.4 Å². The molecule has 4 rings (SSSR count). The average molecular weight is 455 g/mol. The molecular weight excluding hydrogens is 428 g/mol. The van der Waals surface area contributed by atoms with Crippen LogP contribution in [0.5, 0.6) is 0 Å². The van der Waals surface area contributed by atoms with Gasteiger partial charge in [0.1, 0.15) is 11.9 Å². The number of nitrogens with zero attached hydrogens (tertiary/aromatic N) is 1. The van der Waals surface area contributed by atoms with Crippen LogP contribution in [0, 0.1) is 0 Å². The van der Waals surface area contributed by atoms with E-state index in [0.29, 0.717) is 12.3 Å². The molecule has 0 spiro atoms. The molecule has 1 aliphatic carbocycles. The number of aliphatic carboxylic acids is 1. The van der Waals surface area contributed by atoms with Crippen LogP contribution >= 0.6 is 11.8 Å². The molecule has 2 atom stereocenters. The van der Waals surface area contributed by atoms with Gasteiger partial charge in [-0.15, -0.1) is 11.8 Å². The van der Waals surface area contributed by atoms with Crippen molar-refractivity contribution in [3.8, 4) is 11.1 Å². The van der Waals surface area contributed by atoms with E-state index in [1.54, 1.807) is 11.8 Å². The van der Waals surface area contributed by atoms with Crippen molar-refractivity contribution >= 4 is 29.7 Å². The molecular formula is C24H26N2O5S. The summed E-state index contributed by atoms with van der Waals surface area (Å²) >= 11 is 1.35. The number of carboxylic acid groups (broad SMARTS) is 1. The number of amides is 2. The van der Waals surface area contributed by atoms with Crippen LogP contribution in [0.4, 0.5) is 4.79 Å². The number of fused-ring (bicyclic) bond motifs is 3. The topological polar surface area (TPSA) is 95.9 Å². The van der Waals surface area contributed by atoms with Gasteiger partial charge in [-0.2, -0.15) is 0 Å². The van der Waals surface area contributed by atoms with Crippen LogP contribution < -0.4 is 5.32 Å². The number of alkyl carbamates (subject to hydrolysis) is 1. The molecule has 168 valence electrons. The third-order valence-corrected chi connectivity index (χ3v) is 7.05. The molecule has 2 amide bonds. The van der Waals surface area contributed by atoms with Crippen molar-refractivity contribution in [1.29, 1.82) is 0 Å². The van der Waals surface area contributed by atoms with Gasteiger partial charge in [-0.25, -0.2) is 4.79 Å². The Balaban J connectivity index is 1.30. The van der Waals surface area contributed by atoms with E-state index in [4.69, 9.17) is 4.74 Å². The maximum absolute atomic E-state index is 12.5. The molecule has 0 bridgehead atoms. The SMILES string of the molecule is C[C@H](CC(=O)N1CCSC(C(=O)O)C1)NC(=O)OCC1c2ccccc2-c2ccccc21. The van der Waals surface area contributed by atoms with Crippen molar-refractivity contribution in [3.63, 3.8) is 0 Å². The highest BCUT2D eigenvalue weighted by Gasteiger charge is 2.31. The number of rotatable bonds is 6. The molecule has 1 saturated heterocycles. The smallest absolute Gasteiger partial charge is 0.407 e. The lowest BCUT2D eigenvalue weighted by molar-refractivity contribution is -0.138. The molecule has 32 heavy (non-hydrogen) atoms. The molecule has 2 N–H and O–H groups in total. The van der Waals surface area contributed by atoms with Crippen molar-refractivity contribution in [1.82, 2.24) is 10.2 Å². The summed E-state index contributed by atoms with van der Waals surface area (Å²) in [6.07, 6.45) is -0.467. The maximum Gasteiger partial charge on any atom is 0.407 e. The van der Waals surface area contributed by atoms with Crippen molar-refractivity contribution in [2.45, 2.75) is 30.6 Å². The number of thioether (sulfide) groups is 1. The molecule has 1 heterocycles. The zero-order valence-electron chi connectivity index (χ0n) is 17.8. The number of benzene rings is 2. The van der Waals surface area contributed by atoms with Crippen LogP contribution in [-0.2, 0) is 14.3 Å². The zero-order valence-corrected chi connectivity index (χ0v) is 18.6. The average Bonchev–Trinajstić information content (AvgIpc) is 3.11. The summed E-state index contributed by atoms with van der Waals surface area (Å²) in [7, 11) is 0. The predicted molar refractivity (Wildman–Crippen MR) is 123 cm³/mol. The molecule has 0 saturated carbocycles. The van der Waals surface area contributed by atoms with Crippen LogP contribution in [0.2, 0.25) is 0 Å². The lowest BCUT2D eigenvalue weighted by atomic mass is 9.98. The molecule has 1 aliphatic heterocycles. The summed E-state index contributed by atoms with van der Waals surface area (Å²) in [6.45, 7) is 2.66. The standard InChI is InChI=1S/C24H26N2O5S/c1-15(12-22(27)26-10-11-32-21(13-26)23(28)29)25-24(30)31-14-20-18-8-4-2-6-16(18)17-7-3-5-9-19(17)20/h2-9,15,20-21H,10-14H2,1H3,(H,25,30)(H,28,29)/t15-,21?/m1/s1. The Morgan fingerprint density at radius 1 is 1.12 bits per heavy atom. The first kappa shape index (κ1) is 22.2. The van der Waals surface area contributed by atoms with Crippen LogP contribution in [0.1, 0.15) is 30.4 Å². The van der Waals surface area contributed by atoms with Crippen LogP contribution in [0.15, 0.2) is 48.5 Å². The molecule has 1 unspecified atom stereocenters. The Hall–Kier alpha value is -3.00. The second-order valence-electron chi connectivity index (χ2n) is 8.11. The van der Waals surface area contributed by atoms with Crippen molar-refractivity contribution in [2.75, 3.05) is 25.4 Å². The van der Waals surface area contributed by atoms with Gasteiger partial charge in [-0.05, 0) is 29.2 Å². The second kappa shape index (κ2) is 9.65. The van der Waals surface area contributed by atoms with Gasteiger partial charge in [0.15, 0.2) is 0 Å². The van der Waals surface area contributed by atoms with Gasteiger partial charge in [0.05, 0.1) is 0 Å². The summed E-state index contributed by atoms with van der Waals surface area (Å²) in [5, 5.41) is 11.3. The number of carboxylic acids is 1. The molecule has 0 radical (unpaired) electrons. The fourth-order valence-corrected chi connectivity index (χ4v) is 5.35. The van der Waals surface area contributed by atoms with Crippen LogP contribution in [0.3, 0.4) is 0 Å². The number of hydrogen-bond acceptors (Lipinski definition) is 5. The highest BCUT2D eigenvalue weighted by Crippen LogP contribution is 2.44. The minimum absolute atomic E-state index is 0.0242. The van der Waals surface area contributed by atoms with E-state index in [-0.39, 0.29) is 31.4 Å². The highest BCUT2D eigenvalue weighted by molar-refractivity contribution is 8.00. The highest BCUT2D eigenvalue weighted by atomic mass is 32.2. The fraction of sp³-hybridized carbons (Fsp3) is 0.375. The molecule has 2 aromatic carbocycles. The number of hydrogen-bond donors (Lipinski definition) is 2. The lowest BCUT2D eigenvalue weighted by Crippen LogP contribution is -2.46. The Morgan fingerprint density at radius 2 is 1.75 bits per heavy atom. The number of carbonyl (C=O) groups excluding carboxylic acids is 2. The van der Waals surface area contributed by atoms with E-state index in [2.05, 4.69) is 29.6 Å². The van der Waals surface area contributed by atoms with Gasteiger partial charge < -0.3 is 20.1 Å². The predicted octanol–water partition coefficient (Wildman–Crippen LogP) is 3.33. The number of ether oxygens (including phenoxy) is 1. The van der Waals surface area contributed by atoms with E-state index in [1.165, 1.54) is 11.8 Å². The van der Waals surface area contributed by atoms with E-state index in [1.807, 2.05) is 24.3 Å². The first-order valence-corrected chi connectivity index (χ1v) is 11.7. The third kappa shape index (κ3) is 4.75. The van der Waals surface area contributed by atoms with Crippen LogP contribution in [-0.4, -0.2) is 64.7 Å². The first-order valence-electron chi connectivity index (χ1n) is 10.7. The monoisotopic (exact) mass is 454 g/mol. The maximum atomic E-state index is 12.5. The fourth-order valence-electron chi connectivity index (χ4n) is 4.31. The second-order valence-corrected chi connectivity index (χ2v) is 9.42. The van der Waals surface area contributed by atoms with Crippen molar-refractivity contribution in [3.05, 3.63) is 59.7 Å². The summed E-state index contributed by atoms with van der Waals surface area (Å²) in [6, 6.07) is 15.8. The Kier molecular flexibility index (Phi) is 6.69. The first-order chi connectivity index (χ1) is 15.4. The van der Waals surface area contributed by atoms with Crippen molar-refractivity contribution < 1.29 is 24.2 Å². The third-order valence-electron chi connectivity index (χ3n) is 5.88. The Morgan fingerprint density at radius 3 is 2.38 bits per heavy atom. The largest absolute Gasteiger partial charge is 0.480 e. The Bertz CT molecular complexity index is 981. The van der Waals surface area contributed by atoms with Gasteiger partial charge in [0, 0.05) is 37.2 Å². The quantitative estimate of drug-likeness (QED) is 0.695. The zero-order chi connectivity index (χ0) is 22.7. The van der Waals surface area contributed by atoms with E-state index >= 15 is 0 Å². The molecule has 7 nitrogen and oxygen atoms in total. The normalized spacial score (nSPS) is 18.4. The van der Waals surface area contributed by atoms with Gasteiger partial charge in [0.2, 0.25) is 5.91 Å². The van der Waals surface area contributed by atoms with Crippen molar-refractivity contribution in [2.24, 2.45) is 0 Å². The minimum Gasteiger partial charge on any atom is -0.480 e. The molecule has 8 heteroatoms. The van der Waals surface area contributed by atoms with E-state index in [0.717, 1.165) is 22.3 Å². The van der Waals surface area contributed by atoms with Gasteiger partial charge in [0.25, 0.3) is 0 Å². The van der Waals surface area contributed by atoms with Gasteiger partial charge in [-0.1, -0.05) is 48.5 Å². The van der Waals surface area contributed by atoms with Gasteiger partial charge in [-0.3, -0.25) is 9.59 Å².